The van der Waals surface area contributed by atoms with Gasteiger partial charge in [0.15, 0.2) is 12.4 Å². The first-order valence-electron chi connectivity index (χ1n) is 38.2. The molecule has 0 N–H and O–H groups in total. The highest BCUT2D eigenvalue weighted by Gasteiger charge is 2.22. The predicted octanol–water partition coefficient (Wildman–Crippen LogP) is 23.5. The van der Waals surface area contributed by atoms with E-state index in [1.54, 1.807) is 0 Å². The van der Waals surface area contributed by atoms with Gasteiger partial charge in [-0.3, -0.25) is 9.59 Å². The molecule has 99 heavy (non-hydrogen) atoms. The average Bonchev–Trinajstić information content (AvgIpc) is 2.19. The Morgan fingerprint density at radius 3 is 0.818 bits per heavy atom. The summed E-state index contributed by atoms with van der Waals surface area (Å²) in [4.78, 5) is 37.6. The molecule has 0 amide bonds. The molecule has 9 heteroatoms. The Labute approximate surface area is 605 Å². The monoisotopic (exact) mass is 1360 g/mol. The van der Waals surface area contributed by atoms with Crippen LogP contribution in [0.1, 0.15) is 245 Å². The van der Waals surface area contributed by atoms with E-state index in [1.807, 2.05) is 21.1 Å². The van der Waals surface area contributed by atoms with Crippen LogP contribution < -0.4 is 5.11 Å². The van der Waals surface area contributed by atoms with Crippen molar-refractivity contribution >= 4 is 17.9 Å². The van der Waals surface area contributed by atoms with Crippen LogP contribution in [0.3, 0.4) is 0 Å². The number of quaternary nitrogens is 1. The molecule has 9 nitrogen and oxygen atoms in total. The summed E-state index contributed by atoms with van der Waals surface area (Å²) in [6.45, 7) is 4.44. The van der Waals surface area contributed by atoms with Crippen molar-refractivity contribution < 1.29 is 42.9 Å². The molecule has 0 aliphatic rings. The summed E-state index contributed by atoms with van der Waals surface area (Å²) in [6.07, 6.45) is 121. The second-order valence-electron chi connectivity index (χ2n) is 25.5. The summed E-state index contributed by atoms with van der Waals surface area (Å²) in [5.74, 6) is -2.37. The lowest BCUT2D eigenvalue weighted by Gasteiger charge is -2.26. The summed E-state index contributed by atoms with van der Waals surface area (Å²) in [5, 5.41) is 11.9. The number of aliphatic carboxylic acids is 1. The maximum atomic E-state index is 12.9. The van der Waals surface area contributed by atoms with Crippen molar-refractivity contribution in [3.63, 3.8) is 0 Å². The number of carboxylic acid groups (broad SMARTS) is 1. The second-order valence-corrected chi connectivity index (χ2v) is 25.5. The summed E-state index contributed by atoms with van der Waals surface area (Å²) in [7, 11) is 5.90. The Hall–Kier alpha value is -6.91. The minimum absolute atomic E-state index is 0.126. The fraction of sp³-hybridized carbons (Fsp3) is 0.522. The van der Waals surface area contributed by atoms with Gasteiger partial charge in [-0.1, -0.05) is 308 Å². The Morgan fingerprint density at radius 1 is 0.303 bits per heavy atom. The summed E-state index contributed by atoms with van der Waals surface area (Å²) in [5.41, 5.74) is 0. The minimum atomic E-state index is -1.65. The van der Waals surface area contributed by atoms with Crippen LogP contribution in [0.15, 0.2) is 243 Å². The van der Waals surface area contributed by atoms with E-state index in [9.17, 15) is 19.5 Å². The molecule has 0 saturated carbocycles. The molecule has 0 saturated heterocycles. The molecule has 0 bridgehead atoms. The Balaban J connectivity index is 4.27. The number of hydrogen-bond acceptors (Lipinski definition) is 8. The number of likely N-dealkylation sites (N-methyl/N-ethyl adjacent to an activating group) is 1. The number of hydrogen-bond donors (Lipinski definition) is 0. The normalized spacial score (nSPS) is 14.1. The molecule has 2 unspecified atom stereocenters. The lowest BCUT2D eigenvalue weighted by atomic mass is 10.1. The van der Waals surface area contributed by atoms with E-state index < -0.39 is 24.3 Å². The van der Waals surface area contributed by atoms with Gasteiger partial charge >= 0.3 is 11.9 Å². The van der Waals surface area contributed by atoms with Gasteiger partial charge in [-0.05, 0) is 167 Å². The number of carboxylic acids is 1. The van der Waals surface area contributed by atoms with Crippen molar-refractivity contribution in [2.24, 2.45) is 0 Å². The van der Waals surface area contributed by atoms with Crippen LogP contribution in [0.2, 0.25) is 0 Å². The molecule has 0 spiro atoms. The Morgan fingerprint density at radius 2 is 0.545 bits per heavy atom. The first kappa shape index (κ1) is 92.1. The van der Waals surface area contributed by atoms with Crippen molar-refractivity contribution in [2.45, 2.75) is 257 Å². The van der Waals surface area contributed by atoms with Gasteiger partial charge in [0.2, 0.25) is 0 Å². The van der Waals surface area contributed by atoms with Crippen molar-refractivity contribution in [1.29, 1.82) is 0 Å². The third-order valence-corrected chi connectivity index (χ3v) is 15.1. The highest BCUT2D eigenvalue weighted by atomic mass is 16.7. The fourth-order valence-electron chi connectivity index (χ4n) is 9.36. The zero-order chi connectivity index (χ0) is 71.8. The number of esters is 2. The topological polar surface area (TPSA) is 111 Å². The van der Waals surface area contributed by atoms with Crippen LogP contribution in [-0.4, -0.2) is 82.3 Å². The first-order chi connectivity index (χ1) is 48.6. The number of nitrogens with zero attached hydrogens (tertiary/aromatic N) is 1. The molecule has 0 aromatic carbocycles. The van der Waals surface area contributed by atoms with Crippen molar-refractivity contribution in [3.8, 4) is 0 Å². The van der Waals surface area contributed by atoms with E-state index in [0.717, 1.165) is 173 Å². The highest BCUT2D eigenvalue weighted by molar-refractivity contribution is 5.70. The summed E-state index contributed by atoms with van der Waals surface area (Å²) >= 11 is 0. The van der Waals surface area contributed by atoms with Crippen LogP contribution in [0.25, 0.3) is 0 Å². The number of allylic oxidation sites excluding steroid dienone is 40. The largest absolute Gasteiger partial charge is 0.545 e. The van der Waals surface area contributed by atoms with Gasteiger partial charge in [0.05, 0.1) is 40.3 Å². The first-order valence-corrected chi connectivity index (χ1v) is 38.2. The number of unbranched alkanes of at least 4 members (excludes halogenated alkanes) is 12. The third kappa shape index (κ3) is 78.3. The quantitative estimate of drug-likeness (QED) is 0.0195. The molecule has 0 radical (unpaired) electrons. The summed E-state index contributed by atoms with van der Waals surface area (Å²) in [6, 6.07) is 0. The van der Waals surface area contributed by atoms with E-state index in [4.69, 9.17) is 18.9 Å². The SMILES string of the molecule is CC/C=C\C/C=C\C/C=C\C/C=C\C/C=C\C/C=C\C/C=C\C/C=C\C/C=C\C/C=C\C/C=C\CCCCCC(=O)OC(COC(=O)CCCCCCCCCCC/C=C\C/C=C\C/C=C\C/C=C\C/C=C\C/C=C\C/C=C\C/C=C\C/C=C\CC)COC(OCC[N+](C)(C)C)C(=O)[O-]. The van der Waals surface area contributed by atoms with Gasteiger partial charge in [0, 0.05) is 12.8 Å². The lowest BCUT2D eigenvalue weighted by molar-refractivity contribution is -0.870. The lowest BCUT2D eigenvalue weighted by Crippen LogP contribution is -2.44. The molecular weight excluding hydrogens is 1220 g/mol. The molecule has 0 heterocycles. The van der Waals surface area contributed by atoms with Crippen molar-refractivity contribution in [3.05, 3.63) is 243 Å². The van der Waals surface area contributed by atoms with Crippen LogP contribution in [0.4, 0.5) is 0 Å². The Bertz CT molecular complexity index is 2540. The minimum Gasteiger partial charge on any atom is -0.545 e. The van der Waals surface area contributed by atoms with Gasteiger partial charge in [0.25, 0.3) is 0 Å². The molecule has 0 aromatic rings. The van der Waals surface area contributed by atoms with E-state index in [1.165, 1.54) is 32.1 Å². The van der Waals surface area contributed by atoms with Crippen LogP contribution in [-0.2, 0) is 33.3 Å². The van der Waals surface area contributed by atoms with E-state index in [2.05, 4.69) is 257 Å². The molecule has 0 aliphatic carbocycles. The smallest absolute Gasteiger partial charge is 0.306 e. The van der Waals surface area contributed by atoms with Crippen LogP contribution >= 0.6 is 0 Å². The fourth-order valence-corrected chi connectivity index (χ4v) is 9.36. The molecule has 0 aromatic heterocycles. The van der Waals surface area contributed by atoms with E-state index in [0.29, 0.717) is 23.9 Å². The zero-order valence-corrected chi connectivity index (χ0v) is 62.7. The third-order valence-electron chi connectivity index (χ3n) is 15.1. The highest BCUT2D eigenvalue weighted by Crippen LogP contribution is 2.14. The number of carbonyl (C=O) groups excluding carboxylic acids is 3. The molecule has 0 rings (SSSR count). The van der Waals surface area contributed by atoms with Crippen molar-refractivity contribution in [1.82, 2.24) is 0 Å². The van der Waals surface area contributed by atoms with Gasteiger partial charge in [-0.2, -0.15) is 0 Å². The molecule has 0 fully saturated rings. The number of rotatable bonds is 67. The van der Waals surface area contributed by atoms with Gasteiger partial charge < -0.3 is 33.3 Å². The van der Waals surface area contributed by atoms with Gasteiger partial charge in [-0.15, -0.1) is 0 Å². The predicted molar refractivity (Wildman–Crippen MR) is 425 cm³/mol. The van der Waals surface area contributed by atoms with Crippen molar-refractivity contribution in [2.75, 3.05) is 47.5 Å². The standard InChI is InChI=1S/C90H137NO8/c1-6-8-10-12-14-16-18-20-22-24-26-28-30-32-34-36-38-40-42-44-46-48-50-52-54-56-58-60-62-64-66-68-70-72-74-76-78-80-87(92)97-84-86(85-98-90(89(94)95)96-83-82-91(3,4)5)99-88(93)81-79-77-75-73-71-69-67-65-63-61-59-57-55-53-51-49-47-45-43-41-39-37-35-33-31-29-27-25-23-21-19-17-15-13-11-9-7-2/h8-11,14-17,20-23,26-29,32-35,38-41,44-47,50-53,56-59,63,65,69,71,86,90H,6-7,12-13,18-19,24-25,30-31,36-37,42-43,48-49,54-55,60-62,64,66-68,70,72-85H2,1-5H3/b10-8-,11-9-,16-14-,17-15-,22-20-,23-21-,28-26-,29-27-,34-32-,35-33-,40-38-,41-39-,46-44-,47-45-,52-50-,53-51-,58-56-,59-57-,65-63-,71-69-. The average molecular weight is 1360 g/mol. The van der Waals surface area contributed by atoms with Gasteiger partial charge in [-0.25, -0.2) is 0 Å². The Kier molecular flexibility index (Phi) is 71.5. The number of carbonyl (C=O) groups is 3. The van der Waals surface area contributed by atoms with Gasteiger partial charge in [0.1, 0.15) is 13.2 Å². The zero-order valence-electron chi connectivity index (χ0n) is 62.7. The maximum Gasteiger partial charge on any atom is 0.306 e. The van der Waals surface area contributed by atoms with Crippen LogP contribution in [0, 0.1) is 0 Å². The molecule has 550 valence electrons. The molecule has 0 aliphatic heterocycles. The number of ether oxygens (including phenoxy) is 4. The van der Waals surface area contributed by atoms with Crippen LogP contribution in [0.5, 0.6) is 0 Å². The second kappa shape index (κ2) is 76.8. The van der Waals surface area contributed by atoms with E-state index in [-0.39, 0.29) is 38.6 Å². The maximum absolute atomic E-state index is 12.9. The molecular formula is C90H137NO8. The molecule has 2 atom stereocenters. The van der Waals surface area contributed by atoms with E-state index >= 15 is 0 Å². The summed E-state index contributed by atoms with van der Waals surface area (Å²) < 4.78 is 22.8.